The van der Waals surface area contributed by atoms with Crippen molar-refractivity contribution >= 4 is 0 Å². The Balaban J connectivity index is 1.88. The lowest BCUT2D eigenvalue weighted by atomic mass is 9.88. The first-order valence-electron chi connectivity index (χ1n) is 7.16. The van der Waals surface area contributed by atoms with Crippen molar-refractivity contribution in [1.29, 1.82) is 0 Å². The number of hydrogen-bond donors (Lipinski definition) is 1. The smallest absolute Gasteiger partial charge is 0.123 e. The minimum absolute atomic E-state index is 0.373. The molecule has 3 unspecified atom stereocenters. The van der Waals surface area contributed by atoms with Crippen molar-refractivity contribution in [3.8, 4) is 11.5 Å². The monoisotopic (exact) mass is 261 g/mol. The highest BCUT2D eigenvalue weighted by molar-refractivity contribution is 5.42. The average Bonchev–Trinajstić information content (AvgIpc) is 3.06. The number of nitrogens with one attached hydrogen (secondary N) is 1. The number of methoxy groups -OCH3 is 2. The maximum absolute atomic E-state index is 5.53. The molecule has 0 heterocycles. The fourth-order valence-corrected chi connectivity index (χ4v) is 3.76. The molecular formula is C16H23NO2. The van der Waals surface area contributed by atoms with Gasteiger partial charge in [0.2, 0.25) is 0 Å². The second kappa shape index (κ2) is 5.04. The van der Waals surface area contributed by atoms with Crippen LogP contribution < -0.4 is 14.8 Å². The Hall–Kier alpha value is -1.22. The van der Waals surface area contributed by atoms with Crippen LogP contribution >= 0.6 is 0 Å². The highest BCUT2D eigenvalue weighted by atomic mass is 16.5. The third kappa shape index (κ3) is 2.32. The highest BCUT2D eigenvalue weighted by Gasteiger charge is 2.48. The van der Waals surface area contributed by atoms with Crippen LogP contribution in [-0.4, -0.2) is 21.3 Å². The molecule has 1 aromatic carbocycles. The Morgan fingerprint density at radius 3 is 2.42 bits per heavy atom. The van der Waals surface area contributed by atoms with Gasteiger partial charge in [-0.05, 0) is 62.3 Å². The summed E-state index contributed by atoms with van der Waals surface area (Å²) in [6, 6.07) is 6.46. The van der Waals surface area contributed by atoms with E-state index in [2.05, 4.69) is 11.4 Å². The van der Waals surface area contributed by atoms with E-state index in [0.717, 1.165) is 29.3 Å². The molecule has 3 heteroatoms. The second-order valence-corrected chi connectivity index (χ2v) is 5.86. The van der Waals surface area contributed by atoms with Gasteiger partial charge in [-0.3, -0.25) is 0 Å². The van der Waals surface area contributed by atoms with E-state index in [1.807, 2.05) is 19.2 Å². The van der Waals surface area contributed by atoms with Crippen molar-refractivity contribution in [1.82, 2.24) is 5.32 Å². The van der Waals surface area contributed by atoms with Crippen LogP contribution in [0.1, 0.15) is 30.9 Å². The molecule has 2 aliphatic carbocycles. The van der Waals surface area contributed by atoms with Crippen LogP contribution in [0.3, 0.4) is 0 Å². The van der Waals surface area contributed by atoms with E-state index in [4.69, 9.17) is 9.47 Å². The summed E-state index contributed by atoms with van der Waals surface area (Å²) in [5.41, 5.74) is 1.23. The first kappa shape index (κ1) is 12.8. The van der Waals surface area contributed by atoms with Gasteiger partial charge in [0.1, 0.15) is 11.5 Å². The third-order valence-corrected chi connectivity index (χ3v) is 4.83. The predicted molar refractivity (Wildman–Crippen MR) is 75.7 cm³/mol. The van der Waals surface area contributed by atoms with E-state index in [1.54, 1.807) is 14.2 Å². The van der Waals surface area contributed by atoms with Gasteiger partial charge >= 0.3 is 0 Å². The Morgan fingerprint density at radius 1 is 1.11 bits per heavy atom. The molecule has 0 aromatic heterocycles. The summed E-state index contributed by atoms with van der Waals surface area (Å²) in [6.45, 7) is 0. The van der Waals surface area contributed by atoms with Crippen molar-refractivity contribution in [3.05, 3.63) is 23.8 Å². The van der Waals surface area contributed by atoms with Crippen LogP contribution in [0.4, 0.5) is 0 Å². The summed E-state index contributed by atoms with van der Waals surface area (Å²) in [6.07, 6.45) is 4.18. The number of ether oxygens (including phenoxy) is 2. The first-order valence-corrected chi connectivity index (χ1v) is 7.16. The van der Waals surface area contributed by atoms with Gasteiger partial charge in [-0.1, -0.05) is 0 Å². The molecule has 0 radical (unpaired) electrons. The highest BCUT2D eigenvalue weighted by Crippen LogP contribution is 2.57. The quantitative estimate of drug-likeness (QED) is 0.884. The van der Waals surface area contributed by atoms with Gasteiger partial charge in [-0.25, -0.2) is 0 Å². The van der Waals surface area contributed by atoms with E-state index in [1.165, 1.54) is 24.8 Å². The summed E-state index contributed by atoms with van der Waals surface area (Å²) in [4.78, 5) is 0. The molecule has 0 spiro atoms. The molecule has 0 bridgehead atoms. The second-order valence-electron chi connectivity index (χ2n) is 5.86. The average molecular weight is 261 g/mol. The van der Waals surface area contributed by atoms with Crippen LogP contribution in [0.5, 0.6) is 11.5 Å². The Bertz CT molecular complexity index is 450. The van der Waals surface area contributed by atoms with E-state index in [-0.39, 0.29) is 0 Å². The molecule has 1 aromatic rings. The van der Waals surface area contributed by atoms with Crippen molar-refractivity contribution in [2.75, 3.05) is 21.3 Å². The molecular weight excluding hydrogens is 238 g/mol. The van der Waals surface area contributed by atoms with Gasteiger partial charge in [-0.2, -0.15) is 0 Å². The predicted octanol–water partition coefficient (Wildman–Crippen LogP) is 3.01. The van der Waals surface area contributed by atoms with Crippen LogP contribution in [0.2, 0.25) is 0 Å². The molecule has 1 N–H and O–H groups in total. The maximum Gasteiger partial charge on any atom is 0.123 e. The van der Waals surface area contributed by atoms with Gasteiger partial charge in [0.15, 0.2) is 0 Å². The van der Waals surface area contributed by atoms with E-state index in [9.17, 15) is 0 Å². The topological polar surface area (TPSA) is 30.5 Å². The summed E-state index contributed by atoms with van der Waals surface area (Å²) in [5, 5.41) is 3.49. The van der Waals surface area contributed by atoms with Crippen molar-refractivity contribution in [2.24, 2.45) is 17.8 Å². The molecule has 0 aliphatic heterocycles. The summed E-state index contributed by atoms with van der Waals surface area (Å²) >= 11 is 0. The van der Waals surface area contributed by atoms with Gasteiger partial charge in [0.25, 0.3) is 0 Å². The molecule has 2 saturated carbocycles. The molecule has 104 valence electrons. The zero-order valence-corrected chi connectivity index (χ0v) is 12.0. The molecule has 3 atom stereocenters. The van der Waals surface area contributed by atoms with Gasteiger partial charge < -0.3 is 14.8 Å². The number of fused-ring (bicyclic) bond motifs is 1. The molecule has 0 saturated heterocycles. The normalized spacial score (nSPS) is 29.7. The fraction of sp³-hybridized carbons (Fsp3) is 0.625. The summed E-state index contributed by atoms with van der Waals surface area (Å²) in [5.74, 6) is 4.59. The van der Waals surface area contributed by atoms with Crippen molar-refractivity contribution in [3.63, 3.8) is 0 Å². The first-order chi connectivity index (χ1) is 9.26. The fourth-order valence-electron chi connectivity index (χ4n) is 3.76. The van der Waals surface area contributed by atoms with Crippen LogP contribution in [0, 0.1) is 17.8 Å². The van der Waals surface area contributed by atoms with Crippen molar-refractivity contribution in [2.45, 2.75) is 25.3 Å². The molecule has 3 rings (SSSR count). The minimum Gasteiger partial charge on any atom is -0.497 e. The summed E-state index contributed by atoms with van der Waals surface area (Å²) in [7, 11) is 5.50. The van der Waals surface area contributed by atoms with E-state index in [0.29, 0.717) is 6.04 Å². The standard InChI is InChI=1S/C16H23NO2/c1-17-16(12-7-10-6-11(10)8-12)14-9-13(18-2)4-5-15(14)19-3/h4-5,9-12,16-17H,6-8H2,1-3H3. The number of benzene rings is 1. The molecule has 2 fully saturated rings. The number of rotatable bonds is 5. The lowest BCUT2D eigenvalue weighted by Gasteiger charge is -2.26. The van der Waals surface area contributed by atoms with Crippen LogP contribution in [0.25, 0.3) is 0 Å². The van der Waals surface area contributed by atoms with Gasteiger partial charge in [0.05, 0.1) is 14.2 Å². The lowest BCUT2D eigenvalue weighted by molar-refractivity contribution is 0.337. The molecule has 2 aliphatic rings. The molecule has 0 amide bonds. The van der Waals surface area contributed by atoms with Crippen molar-refractivity contribution < 1.29 is 9.47 Å². The van der Waals surface area contributed by atoms with Gasteiger partial charge in [0, 0.05) is 11.6 Å². The lowest BCUT2D eigenvalue weighted by Crippen LogP contribution is -2.25. The molecule has 3 nitrogen and oxygen atoms in total. The van der Waals surface area contributed by atoms with Crippen LogP contribution in [0.15, 0.2) is 18.2 Å². The number of hydrogen-bond acceptors (Lipinski definition) is 3. The van der Waals surface area contributed by atoms with Gasteiger partial charge in [-0.15, -0.1) is 0 Å². The summed E-state index contributed by atoms with van der Waals surface area (Å²) < 4.78 is 10.9. The Kier molecular flexibility index (Phi) is 3.40. The maximum atomic E-state index is 5.53. The van der Waals surface area contributed by atoms with E-state index < -0.39 is 0 Å². The van der Waals surface area contributed by atoms with Crippen LogP contribution in [-0.2, 0) is 0 Å². The molecule has 19 heavy (non-hydrogen) atoms. The van der Waals surface area contributed by atoms with E-state index >= 15 is 0 Å². The third-order valence-electron chi connectivity index (χ3n) is 4.83. The largest absolute Gasteiger partial charge is 0.497 e. The minimum atomic E-state index is 0.373. The Morgan fingerprint density at radius 2 is 1.84 bits per heavy atom. The zero-order valence-electron chi connectivity index (χ0n) is 12.0. The zero-order chi connectivity index (χ0) is 13.4. The SMILES string of the molecule is CNC(c1cc(OC)ccc1OC)C1CC2CC2C1. The Labute approximate surface area is 115 Å².